The third-order valence-electron chi connectivity index (χ3n) is 3.53. The van der Waals surface area contributed by atoms with E-state index in [-0.39, 0.29) is 11.9 Å². The predicted molar refractivity (Wildman–Crippen MR) is 79.2 cm³/mol. The Balaban J connectivity index is 2.95. The lowest BCUT2D eigenvalue weighted by Crippen LogP contribution is -2.26. The van der Waals surface area contributed by atoms with Crippen molar-refractivity contribution in [1.82, 2.24) is 5.32 Å². The van der Waals surface area contributed by atoms with Crippen LogP contribution in [0.15, 0.2) is 22.7 Å². The molecule has 0 aromatic heterocycles. The van der Waals surface area contributed by atoms with Gasteiger partial charge < -0.3 is 5.32 Å². The maximum Gasteiger partial charge on any atom is 0.128 e. The molecule has 1 rings (SSSR count). The van der Waals surface area contributed by atoms with Crippen molar-refractivity contribution in [1.29, 1.82) is 0 Å². The van der Waals surface area contributed by atoms with E-state index in [4.69, 9.17) is 0 Å². The normalized spacial score (nSPS) is 14.5. The van der Waals surface area contributed by atoms with Gasteiger partial charge in [0.05, 0.1) is 0 Å². The average Bonchev–Trinajstić information content (AvgIpc) is 2.38. The Morgan fingerprint density at radius 1 is 1.33 bits per heavy atom. The van der Waals surface area contributed by atoms with Crippen LogP contribution in [0.3, 0.4) is 0 Å². The van der Waals surface area contributed by atoms with Gasteiger partial charge in [0.15, 0.2) is 0 Å². The molecule has 1 aromatic rings. The summed E-state index contributed by atoms with van der Waals surface area (Å²) in [7, 11) is 1.92. The van der Waals surface area contributed by atoms with Gasteiger partial charge in [-0.25, -0.2) is 4.39 Å². The van der Waals surface area contributed by atoms with Crippen molar-refractivity contribution in [2.24, 2.45) is 5.92 Å². The maximum absolute atomic E-state index is 14.0. The molecule has 0 aliphatic heterocycles. The van der Waals surface area contributed by atoms with Crippen molar-refractivity contribution >= 4 is 15.9 Å². The minimum atomic E-state index is -0.118. The molecule has 3 heteroatoms. The molecule has 102 valence electrons. The fourth-order valence-corrected chi connectivity index (χ4v) is 2.85. The first kappa shape index (κ1) is 15.6. The van der Waals surface area contributed by atoms with Crippen molar-refractivity contribution in [3.8, 4) is 0 Å². The van der Waals surface area contributed by atoms with Gasteiger partial charge in [0.25, 0.3) is 0 Å². The van der Waals surface area contributed by atoms with Crippen LogP contribution in [-0.2, 0) is 0 Å². The molecule has 2 atom stereocenters. The monoisotopic (exact) mass is 315 g/mol. The fraction of sp³-hybridized carbons (Fsp3) is 0.600. The van der Waals surface area contributed by atoms with Gasteiger partial charge >= 0.3 is 0 Å². The molecular formula is C15H23BrFN. The zero-order valence-electron chi connectivity index (χ0n) is 11.5. The lowest BCUT2D eigenvalue weighted by atomic mass is 9.87. The molecule has 1 N–H and O–H groups in total. The van der Waals surface area contributed by atoms with Gasteiger partial charge in [-0.15, -0.1) is 0 Å². The number of halogens is 2. The van der Waals surface area contributed by atoms with Crippen LogP contribution in [0.2, 0.25) is 0 Å². The summed E-state index contributed by atoms with van der Waals surface area (Å²) >= 11 is 3.42. The minimum absolute atomic E-state index is 0.0963. The van der Waals surface area contributed by atoms with E-state index >= 15 is 0 Å². The number of benzene rings is 1. The first-order valence-electron chi connectivity index (χ1n) is 6.76. The van der Waals surface area contributed by atoms with Crippen molar-refractivity contribution in [2.45, 2.75) is 45.6 Å². The number of unbranched alkanes of at least 4 members (excludes halogenated alkanes) is 1. The smallest absolute Gasteiger partial charge is 0.128 e. The van der Waals surface area contributed by atoms with E-state index in [9.17, 15) is 4.39 Å². The molecule has 0 spiro atoms. The Morgan fingerprint density at radius 2 is 2.06 bits per heavy atom. The summed E-state index contributed by atoms with van der Waals surface area (Å²) in [5, 5.41) is 3.29. The zero-order valence-corrected chi connectivity index (χ0v) is 13.1. The van der Waals surface area contributed by atoms with E-state index in [0.717, 1.165) is 22.9 Å². The fourth-order valence-electron chi connectivity index (χ4n) is 2.47. The van der Waals surface area contributed by atoms with Crippen LogP contribution in [0.25, 0.3) is 0 Å². The molecule has 0 bridgehead atoms. The third-order valence-corrected chi connectivity index (χ3v) is 4.02. The van der Waals surface area contributed by atoms with Gasteiger partial charge in [-0.2, -0.15) is 0 Å². The summed E-state index contributed by atoms with van der Waals surface area (Å²) in [5.74, 6) is 0.367. The molecule has 0 amide bonds. The Labute approximate surface area is 118 Å². The molecule has 1 aromatic carbocycles. The molecule has 0 heterocycles. The quantitative estimate of drug-likeness (QED) is 0.741. The number of rotatable bonds is 7. The first-order valence-corrected chi connectivity index (χ1v) is 7.55. The molecule has 18 heavy (non-hydrogen) atoms. The number of hydrogen-bond donors (Lipinski definition) is 1. The summed E-state index contributed by atoms with van der Waals surface area (Å²) in [6.07, 6.45) is 4.60. The second-order valence-corrected chi connectivity index (χ2v) is 5.66. The lowest BCUT2D eigenvalue weighted by Gasteiger charge is -2.27. The molecular weight excluding hydrogens is 293 g/mol. The van der Waals surface area contributed by atoms with Crippen LogP contribution >= 0.6 is 15.9 Å². The van der Waals surface area contributed by atoms with E-state index in [1.165, 1.54) is 18.9 Å². The van der Waals surface area contributed by atoms with E-state index in [2.05, 4.69) is 35.1 Å². The van der Waals surface area contributed by atoms with Crippen LogP contribution in [-0.4, -0.2) is 7.05 Å². The number of nitrogens with one attached hydrogen (secondary N) is 1. The van der Waals surface area contributed by atoms with Gasteiger partial charge in [0.1, 0.15) is 5.82 Å². The van der Waals surface area contributed by atoms with E-state index in [1.807, 2.05) is 13.1 Å². The molecule has 2 unspecified atom stereocenters. The highest BCUT2D eigenvalue weighted by Gasteiger charge is 2.22. The van der Waals surface area contributed by atoms with Crippen molar-refractivity contribution < 1.29 is 4.39 Å². The molecule has 1 nitrogen and oxygen atoms in total. The van der Waals surface area contributed by atoms with Gasteiger partial charge in [0, 0.05) is 16.1 Å². The summed E-state index contributed by atoms with van der Waals surface area (Å²) in [6, 6.07) is 5.28. The highest BCUT2D eigenvalue weighted by atomic mass is 79.9. The summed E-state index contributed by atoms with van der Waals surface area (Å²) in [5.41, 5.74) is 0.773. The van der Waals surface area contributed by atoms with Crippen LogP contribution < -0.4 is 5.32 Å². The second-order valence-electron chi connectivity index (χ2n) is 4.74. The Hall–Kier alpha value is -0.410. The largest absolute Gasteiger partial charge is 0.313 e. The molecule has 0 aliphatic rings. The second kappa shape index (κ2) is 7.90. The maximum atomic E-state index is 14.0. The van der Waals surface area contributed by atoms with Crippen molar-refractivity contribution in [3.63, 3.8) is 0 Å². The summed E-state index contributed by atoms with van der Waals surface area (Å²) < 4.78 is 14.9. The van der Waals surface area contributed by atoms with Crippen LogP contribution in [0.4, 0.5) is 4.39 Å². The molecule has 0 fully saturated rings. The molecule has 0 aliphatic carbocycles. The predicted octanol–water partition coefficient (Wildman–Crippen LogP) is 5.07. The van der Waals surface area contributed by atoms with E-state index < -0.39 is 0 Å². The molecule has 0 saturated heterocycles. The van der Waals surface area contributed by atoms with E-state index in [1.54, 1.807) is 6.07 Å². The lowest BCUT2D eigenvalue weighted by molar-refractivity contribution is 0.331. The van der Waals surface area contributed by atoms with Gasteiger partial charge in [-0.05, 0) is 37.6 Å². The van der Waals surface area contributed by atoms with Crippen molar-refractivity contribution in [2.75, 3.05) is 7.05 Å². The number of hydrogen-bond acceptors (Lipinski definition) is 1. The SMILES string of the molecule is CCCCC(CC)C(NC)c1cc(Br)ccc1F. The Kier molecular flexibility index (Phi) is 6.87. The standard InChI is InChI=1S/C15H23BrFN/c1-4-6-7-11(5-2)15(18-3)13-10-12(16)8-9-14(13)17/h8-11,15,18H,4-7H2,1-3H3. The van der Waals surface area contributed by atoms with Gasteiger partial charge in [-0.3, -0.25) is 0 Å². The average molecular weight is 316 g/mol. The van der Waals surface area contributed by atoms with Crippen LogP contribution in [0.1, 0.15) is 51.1 Å². The first-order chi connectivity index (χ1) is 8.63. The topological polar surface area (TPSA) is 12.0 Å². The van der Waals surface area contributed by atoms with Crippen LogP contribution in [0, 0.1) is 11.7 Å². The van der Waals surface area contributed by atoms with Crippen LogP contribution in [0.5, 0.6) is 0 Å². The van der Waals surface area contributed by atoms with Gasteiger partial charge in [0.2, 0.25) is 0 Å². The third kappa shape index (κ3) is 4.06. The van der Waals surface area contributed by atoms with Crippen molar-refractivity contribution in [3.05, 3.63) is 34.1 Å². The summed E-state index contributed by atoms with van der Waals surface area (Å²) in [6.45, 7) is 4.38. The van der Waals surface area contributed by atoms with Gasteiger partial charge in [-0.1, -0.05) is 49.0 Å². The van der Waals surface area contributed by atoms with E-state index in [0.29, 0.717) is 5.92 Å². The zero-order chi connectivity index (χ0) is 13.5. The minimum Gasteiger partial charge on any atom is -0.313 e. The Morgan fingerprint density at radius 3 is 2.61 bits per heavy atom. The highest BCUT2D eigenvalue weighted by molar-refractivity contribution is 9.10. The molecule has 0 saturated carbocycles. The highest BCUT2D eigenvalue weighted by Crippen LogP contribution is 2.31. The Bertz CT molecular complexity index is 368. The molecule has 0 radical (unpaired) electrons. The summed E-state index contributed by atoms with van der Waals surface area (Å²) in [4.78, 5) is 0.